The van der Waals surface area contributed by atoms with Crippen molar-refractivity contribution in [2.45, 2.75) is 142 Å². The standard InChI is InChI=1S/C28H60N2O2/c1-5-7-9-11-13-15-17-19-21-27(31)25-29(3)23-24-30(4)26-28(32)22-20-18-16-14-12-10-8-6-2/h27-28,31-32H,5-26H2,1-4H3. The molecule has 4 nitrogen and oxygen atoms in total. The third-order valence-electron chi connectivity index (χ3n) is 6.69. The molecule has 0 radical (unpaired) electrons. The van der Waals surface area contributed by atoms with Gasteiger partial charge in [-0.1, -0.05) is 117 Å². The molecule has 2 atom stereocenters. The highest BCUT2D eigenvalue weighted by molar-refractivity contribution is 4.66. The summed E-state index contributed by atoms with van der Waals surface area (Å²) in [5.74, 6) is 0. The van der Waals surface area contributed by atoms with E-state index in [2.05, 4.69) is 37.7 Å². The molecule has 2 N–H and O–H groups in total. The monoisotopic (exact) mass is 456 g/mol. The molecular weight excluding hydrogens is 396 g/mol. The van der Waals surface area contributed by atoms with Crippen molar-refractivity contribution in [3.63, 3.8) is 0 Å². The number of likely N-dealkylation sites (N-methyl/N-ethyl adjacent to an activating group) is 2. The summed E-state index contributed by atoms with van der Waals surface area (Å²) < 4.78 is 0. The van der Waals surface area contributed by atoms with Gasteiger partial charge in [0, 0.05) is 26.2 Å². The Labute approximate surface area is 202 Å². The van der Waals surface area contributed by atoms with Gasteiger partial charge < -0.3 is 20.0 Å². The van der Waals surface area contributed by atoms with Gasteiger partial charge in [0.05, 0.1) is 12.2 Å². The normalized spacial score (nSPS) is 13.9. The Morgan fingerprint density at radius 2 is 0.750 bits per heavy atom. The minimum Gasteiger partial charge on any atom is -0.392 e. The van der Waals surface area contributed by atoms with E-state index in [1.54, 1.807) is 0 Å². The van der Waals surface area contributed by atoms with E-state index in [1.165, 1.54) is 89.9 Å². The van der Waals surface area contributed by atoms with E-state index < -0.39 is 0 Å². The van der Waals surface area contributed by atoms with E-state index in [0.717, 1.165) is 51.9 Å². The molecule has 0 spiro atoms. The zero-order valence-electron chi connectivity index (χ0n) is 22.5. The molecule has 0 bridgehead atoms. The highest BCUT2D eigenvalue weighted by Crippen LogP contribution is 2.12. The van der Waals surface area contributed by atoms with Crippen LogP contribution in [0.3, 0.4) is 0 Å². The van der Waals surface area contributed by atoms with Gasteiger partial charge in [-0.05, 0) is 26.9 Å². The number of hydrogen-bond donors (Lipinski definition) is 2. The summed E-state index contributed by atoms with van der Waals surface area (Å²) in [6.07, 6.45) is 22.5. The van der Waals surface area contributed by atoms with Crippen LogP contribution in [0.2, 0.25) is 0 Å². The van der Waals surface area contributed by atoms with Crippen molar-refractivity contribution in [2.24, 2.45) is 0 Å². The fourth-order valence-corrected chi connectivity index (χ4v) is 4.45. The quantitative estimate of drug-likeness (QED) is 0.151. The lowest BCUT2D eigenvalue weighted by Crippen LogP contribution is -2.38. The van der Waals surface area contributed by atoms with Crippen molar-refractivity contribution in [1.82, 2.24) is 9.80 Å². The molecule has 0 saturated carbocycles. The zero-order chi connectivity index (χ0) is 23.9. The molecular formula is C28H60N2O2. The summed E-state index contributed by atoms with van der Waals surface area (Å²) in [6.45, 7) is 7.91. The molecule has 0 saturated heterocycles. The van der Waals surface area contributed by atoms with Gasteiger partial charge in [0.2, 0.25) is 0 Å². The molecule has 0 amide bonds. The minimum atomic E-state index is -0.210. The lowest BCUT2D eigenvalue weighted by Gasteiger charge is -2.25. The van der Waals surface area contributed by atoms with Crippen molar-refractivity contribution in [3.8, 4) is 0 Å². The van der Waals surface area contributed by atoms with Crippen molar-refractivity contribution < 1.29 is 10.2 Å². The van der Waals surface area contributed by atoms with Gasteiger partial charge in [0.1, 0.15) is 0 Å². The summed E-state index contributed by atoms with van der Waals surface area (Å²) in [7, 11) is 4.20. The number of unbranched alkanes of at least 4 members (excludes halogenated alkanes) is 14. The highest BCUT2D eigenvalue weighted by Gasteiger charge is 2.11. The second-order valence-electron chi connectivity index (χ2n) is 10.4. The number of rotatable bonds is 25. The first-order chi connectivity index (χ1) is 15.5. The lowest BCUT2D eigenvalue weighted by molar-refractivity contribution is 0.0938. The van der Waals surface area contributed by atoms with Crippen molar-refractivity contribution in [3.05, 3.63) is 0 Å². The third kappa shape index (κ3) is 23.0. The molecule has 0 heterocycles. The maximum atomic E-state index is 10.3. The summed E-state index contributed by atoms with van der Waals surface area (Å²) in [6, 6.07) is 0. The van der Waals surface area contributed by atoms with E-state index in [9.17, 15) is 10.2 Å². The van der Waals surface area contributed by atoms with Crippen molar-refractivity contribution in [2.75, 3.05) is 40.3 Å². The van der Waals surface area contributed by atoms with E-state index in [1.807, 2.05) is 0 Å². The van der Waals surface area contributed by atoms with Crippen molar-refractivity contribution in [1.29, 1.82) is 0 Å². The smallest absolute Gasteiger partial charge is 0.0667 e. The van der Waals surface area contributed by atoms with Gasteiger partial charge in [-0.2, -0.15) is 0 Å². The zero-order valence-corrected chi connectivity index (χ0v) is 22.5. The predicted octanol–water partition coefficient (Wildman–Crippen LogP) is 6.63. The topological polar surface area (TPSA) is 46.9 Å². The van der Waals surface area contributed by atoms with Crippen LogP contribution >= 0.6 is 0 Å². The Hall–Kier alpha value is -0.160. The molecule has 0 fully saturated rings. The van der Waals surface area contributed by atoms with Gasteiger partial charge in [0.15, 0.2) is 0 Å². The molecule has 4 heteroatoms. The van der Waals surface area contributed by atoms with Crippen LogP contribution in [0.1, 0.15) is 129 Å². The van der Waals surface area contributed by atoms with Gasteiger partial charge >= 0.3 is 0 Å². The third-order valence-corrected chi connectivity index (χ3v) is 6.69. The first kappa shape index (κ1) is 31.8. The molecule has 0 aromatic heterocycles. The Kier molecular flexibility index (Phi) is 23.9. The van der Waals surface area contributed by atoms with E-state index in [0.29, 0.717) is 0 Å². The van der Waals surface area contributed by atoms with Crippen LogP contribution in [0, 0.1) is 0 Å². The molecule has 32 heavy (non-hydrogen) atoms. The van der Waals surface area contributed by atoms with E-state index in [-0.39, 0.29) is 12.2 Å². The average Bonchev–Trinajstić information content (AvgIpc) is 2.76. The molecule has 0 aliphatic rings. The van der Waals surface area contributed by atoms with Crippen LogP contribution in [0.25, 0.3) is 0 Å². The van der Waals surface area contributed by atoms with Gasteiger partial charge in [0.25, 0.3) is 0 Å². The Morgan fingerprint density at radius 3 is 1.06 bits per heavy atom. The number of aliphatic hydroxyl groups is 2. The second kappa shape index (κ2) is 24.0. The molecule has 0 aromatic carbocycles. The highest BCUT2D eigenvalue weighted by atomic mass is 16.3. The maximum Gasteiger partial charge on any atom is 0.0667 e. The Balaban J connectivity index is 3.59. The first-order valence-corrected chi connectivity index (χ1v) is 14.2. The van der Waals surface area contributed by atoms with Crippen LogP contribution in [0.15, 0.2) is 0 Å². The summed E-state index contributed by atoms with van der Waals surface area (Å²) in [5, 5.41) is 20.6. The summed E-state index contributed by atoms with van der Waals surface area (Å²) in [4.78, 5) is 4.47. The van der Waals surface area contributed by atoms with Crippen LogP contribution in [-0.4, -0.2) is 72.5 Å². The van der Waals surface area contributed by atoms with Crippen LogP contribution in [0.4, 0.5) is 0 Å². The van der Waals surface area contributed by atoms with Crippen LogP contribution in [0.5, 0.6) is 0 Å². The number of hydrogen-bond acceptors (Lipinski definition) is 4. The molecule has 0 aliphatic carbocycles. The van der Waals surface area contributed by atoms with Crippen LogP contribution in [-0.2, 0) is 0 Å². The molecule has 0 aliphatic heterocycles. The second-order valence-corrected chi connectivity index (χ2v) is 10.4. The molecule has 194 valence electrons. The number of nitrogens with zero attached hydrogens (tertiary/aromatic N) is 2. The van der Waals surface area contributed by atoms with E-state index in [4.69, 9.17) is 0 Å². The van der Waals surface area contributed by atoms with Gasteiger partial charge in [-0.3, -0.25) is 0 Å². The van der Waals surface area contributed by atoms with Crippen LogP contribution < -0.4 is 0 Å². The van der Waals surface area contributed by atoms with Gasteiger partial charge in [-0.15, -0.1) is 0 Å². The minimum absolute atomic E-state index is 0.210. The average molecular weight is 457 g/mol. The largest absolute Gasteiger partial charge is 0.392 e. The Morgan fingerprint density at radius 1 is 0.469 bits per heavy atom. The fourth-order valence-electron chi connectivity index (χ4n) is 4.45. The lowest BCUT2D eigenvalue weighted by atomic mass is 10.1. The Bertz CT molecular complexity index is 333. The molecule has 0 aromatic rings. The van der Waals surface area contributed by atoms with E-state index >= 15 is 0 Å². The fraction of sp³-hybridized carbons (Fsp3) is 1.00. The number of aliphatic hydroxyl groups excluding tert-OH is 2. The predicted molar refractivity (Wildman–Crippen MR) is 141 cm³/mol. The summed E-state index contributed by atoms with van der Waals surface area (Å²) in [5.41, 5.74) is 0. The molecule has 2 unspecified atom stereocenters. The maximum absolute atomic E-state index is 10.3. The van der Waals surface area contributed by atoms with Gasteiger partial charge in [-0.25, -0.2) is 0 Å². The molecule has 0 rings (SSSR count). The first-order valence-electron chi connectivity index (χ1n) is 14.2. The summed E-state index contributed by atoms with van der Waals surface area (Å²) >= 11 is 0. The SMILES string of the molecule is CCCCCCCCCCC(O)CN(C)CCN(C)CC(O)CCCCCCCCCC. The van der Waals surface area contributed by atoms with Crippen molar-refractivity contribution >= 4 is 0 Å².